The molecule has 3 aromatic rings. The minimum Gasteiger partial charge on any atom is -0.260 e. The molecule has 0 saturated carbocycles. The van der Waals surface area contributed by atoms with E-state index in [-0.39, 0.29) is 5.92 Å². The Morgan fingerprint density at radius 3 is 2.62 bits per heavy atom. The third-order valence-electron chi connectivity index (χ3n) is 3.52. The minimum atomic E-state index is -3.31. The van der Waals surface area contributed by atoms with Crippen molar-refractivity contribution in [3.63, 3.8) is 0 Å². The Bertz CT molecular complexity index is 895. The van der Waals surface area contributed by atoms with Gasteiger partial charge >= 0.3 is 0 Å². The van der Waals surface area contributed by atoms with Crippen LogP contribution in [0.2, 0.25) is 0 Å². The zero-order valence-electron chi connectivity index (χ0n) is 11.8. The van der Waals surface area contributed by atoms with Crippen LogP contribution in [0.1, 0.15) is 24.2 Å². The molecule has 0 spiro atoms. The molecule has 6 heteroatoms. The molecule has 0 radical (unpaired) electrons. The first kappa shape index (κ1) is 13.8. The Kier molecular flexibility index (Phi) is 3.25. The molecule has 0 bridgehead atoms. The number of imidazole rings is 1. The van der Waals surface area contributed by atoms with Crippen molar-refractivity contribution >= 4 is 20.8 Å². The Morgan fingerprint density at radius 1 is 1.14 bits per heavy atom. The summed E-state index contributed by atoms with van der Waals surface area (Å²) in [5.74, 6) is -0.0842. The van der Waals surface area contributed by atoms with Crippen LogP contribution in [-0.4, -0.2) is 28.6 Å². The molecular formula is C15H15N3O2S. The highest BCUT2D eigenvalue weighted by Gasteiger charge is 2.17. The molecule has 0 aliphatic heterocycles. The Hall–Kier alpha value is -2.21. The average molecular weight is 301 g/mol. The first-order chi connectivity index (χ1) is 9.97. The summed E-state index contributed by atoms with van der Waals surface area (Å²) in [5.41, 5.74) is 1.58. The summed E-state index contributed by atoms with van der Waals surface area (Å²) in [7, 11) is -3.31. The normalized spacial score (nSPS) is 13.4. The Balaban J connectivity index is 2.09. The zero-order chi connectivity index (χ0) is 15.0. The summed E-state index contributed by atoms with van der Waals surface area (Å²) in [5, 5.41) is 2.17. The summed E-state index contributed by atoms with van der Waals surface area (Å²) in [6.45, 7) is 1.98. The first-order valence-electron chi connectivity index (χ1n) is 6.55. The molecule has 0 saturated heterocycles. The smallest absolute Gasteiger partial charge is 0.236 e. The highest BCUT2D eigenvalue weighted by atomic mass is 32.2. The standard InChI is InChI=1S/C15H15N3O2S/c1-11(14-9-18(10-17-14)21(2,19)20)15-13-6-4-3-5-12(13)7-8-16-15/h3-11H,1-2H3. The van der Waals surface area contributed by atoms with E-state index in [1.807, 2.05) is 37.3 Å². The highest BCUT2D eigenvalue weighted by molar-refractivity contribution is 7.89. The van der Waals surface area contributed by atoms with E-state index >= 15 is 0 Å². The maximum Gasteiger partial charge on any atom is 0.236 e. The van der Waals surface area contributed by atoms with Crippen LogP contribution in [0.15, 0.2) is 49.1 Å². The number of hydrogen-bond donors (Lipinski definition) is 0. The summed E-state index contributed by atoms with van der Waals surface area (Å²) in [6, 6.07) is 9.95. The van der Waals surface area contributed by atoms with E-state index in [9.17, 15) is 8.42 Å². The molecule has 5 nitrogen and oxygen atoms in total. The van der Waals surface area contributed by atoms with Crippen LogP contribution < -0.4 is 0 Å². The molecule has 3 rings (SSSR count). The molecule has 1 aromatic carbocycles. The highest BCUT2D eigenvalue weighted by Crippen LogP contribution is 2.27. The van der Waals surface area contributed by atoms with Crippen molar-refractivity contribution in [1.82, 2.24) is 13.9 Å². The molecule has 1 unspecified atom stereocenters. The predicted molar refractivity (Wildman–Crippen MR) is 81.7 cm³/mol. The number of rotatable bonds is 3. The largest absolute Gasteiger partial charge is 0.260 e. The van der Waals surface area contributed by atoms with E-state index in [0.29, 0.717) is 5.69 Å². The van der Waals surface area contributed by atoms with Gasteiger partial charge in [0.25, 0.3) is 0 Å². The van der Waals surface area contributed by atoms with Gasteiger partial charge in [-0.15, -0.1) is 0 Å². The molecule has 0 N–H and O–H groups in total. The van der Waals surface area contributed by atoms with Gasteiger partial charge in [0.05, 0.1) is 17.6 Å². The minimum absolute atomic E-state index is 0.0842. The zero-order valence-corrected chi connectivity index (χ0v) is 12.6. The van der Waals surface area contributed by atoms with Crippen LogP contribution in [-0.2, 0) is 10.0 Å². The van der Waals surface area contributed by atoms with Crippen LogP contribution in [0, 0.1) is 0 Å². The van der Waals surface area contributed by atoms with Gasteiger partial charge < -0.3 is 0 Å². The fourth-order valence-electron chi connectivity index (χ4n) is 2.35. The predicted octanol–water partition coefficient (Wildman–Crippen LogP) is 2.39. The summed E-state index contributed by atoms with van der Waals surface area (Å²) in [4.78, 5) is 8.67. The quantitative estimate of drug-likeness (QED) is 0.745. The number of hydrogen-bond acceptors (Lipinski definition) is 4. The number of nitrogens with zero attached hydrogens (tertiary/aromatic N) is 3. The average Bonchev–Trinajstić information content (AvgIpc) is 2.96. The second kappa shape index (κ2) is 4.96. The van der Waals surface area contributed by atoms with E-state index in [1.54, 1.807) is 12.4 Å². The molecule has 0 aliphatic rings. The van der Waals surface area contributed by atoms with E-state index in [1.165, 1.54) is 6.33 Å². The molecule has 0 aliphatic carbocycles. The summed E-state index contributed by atoms with van der Waals surface area (Å²) >= 11 is 0. The van der Waals surface area contributed by atoms with Gasteiger partial charge in [-0.25, -0.2) is 17.4 Å². The maximum atomic E-state index is 11.5. The Morgan fingerprint density at radius 2 is 1.90 bits per heavy atom. The third-order valence-corrected chi connectivity index (χ3v) is 4.49. The van der Waals surface area contributed by atoms with Gasteiger partial charge in [-0.1, -0.05) is 31.2 Å². The van der Waals surface area contributed by atoms with Gasteiger partial charge in [0.2, 0.25) is 10.0 Å². The maximum absolute atomic E-state index is 11.5. The van der Waals surface area contributed by atoms with Crippen molar-refractivity contribution in [2.24, 2.45) is 0 Å². The van der Waals surface area contributed by atoms with E-state index < -0.39 is 10.0 Å². The van der Waals surface area contributed by atoms with Crippen LogP contribution in [0.5, 0.6) is 0 Å². The topological polar surface area (TPSA) is 64.8 Å². The van der Waals surface area contributed by atoms with E-state index in [2.05, 4.69) is 9.97 Å². The van der Waals surface area contributed by atoms with Crippen LogP contribution in [0.4, 0.5) is 0 Å². The molecule has 2 aromatic heterocycles. The molecule has 0 fully saturated rings. The second-order valence-corrected chi connectivity index (χ2v) is 6.92. The number of aromatic nitrogens is 3. The van der Waals surface area contributed by atoms with Gasteiger partial charge in [-0.3, -0.25) is 4.98 Å². The Labute approximate surface area is 123 Å². The molecule has 108 valence electrons. The lowest BCUT2D eigenvalue weighted by Crippen LogP contribution is -2.07. The van der Waals surface area contributed by atoms with Gasteiger partial charge in [0.1, 0.15) is 6.33 Å². The molecule has 0 amide bonds. The van der Waals surface area contributed by atoms with Crippen LogP contribution in [0.3, 0.4) is 0 Å². The van der Waals surface area contributed by atoms with Crippen molar-refractivity contribution in [1.29, 1.82) is 0 Å². The fraction of sp³-hybridized carbons (Fsp3) is 0.200. The van der Waals surface area contributed by atoms with Crippen molar-refractivity contribution in [2.45, 2.75) is 12.8 Å². The lowest BCUT2D eigenvalue weighted by Gasteiger charge is -2.11. The monoisotopic (exact) mass is 301 g/mol. The van der Waals surface area contributed by atoms with Gasteiger partial charge in [0, 0.05) is 23.7 Å². The fourth-order valence-corrected chi connectivity index (χ4v) is 2.87. The molecular weight excluding hydrogens is 286 g/mol. The lowest BCUT2D eigenvalue weighted by molar-refractivity contribution is 0.593. The molecule has 2 heterocycles. The second-order valence-electron chi connectivity index (χ2n) is 5.03. The first-order valence-corrected chi connectivity index (χ1v) is 8.40. The van der Waals surface area contributed by atoms with Crippen molar-refractivity contribution in [2.75, 3.05) is 6.26 Å². The van der Waals surface area contributed by atoms with E-state index in [4.69, 9.17) is 0 Å². The van der Waals surface area contributed by atoms with Gasteiger partial charge in [0.15, 0.2) is 0 Å². The van der Waals surface area contributed by atoms with Gasteiger partial charge in [-0.05, 0) is 11.5 Å². The van der Waals surface area contributed by atoms with Crippen molar-refractivity contribution < 1.29 is 8.42 Å². The van der Waals surface area contributed by atoms with Crippen molar-refractivity contribution in [3.05, 3.63) is 60.4 Å². The molecule has 1 atom stereocenters. The van der Waals surface area contributed by atoms with Gasteiger partial charge in [-0.2, -0.15) is 0 Å². The van der Waals surface area contributed by atoms with Crippen LogP contribution in [0.25, 0.3) is 10.8 Å². The van der Waals surface area contributed by atoms with Crippen LogP contribution >= 0.6 is 0 Å². The molecule has 21 heavy (non-hydrogen) atoms. The van der Waals surface area contributed by atoms with Crippen molar-refractivity contribution in [3.8, 4) is 0 Å². The third kappa shape index (κ3) is 2.54. The number of benzene rings is 1. The summed E-state index contributed by atoms with van der Waals surface area (Å²) < 4.78 is 24.2. The number of fused-ring (bicyclic) bond motifs is 1. The summed E-state index contributed by atoms with van der Waals surface area (Å²) in [6.07, 6.45) is 5.79. The number of pyridine rings is 1. The SMILES string of the molecule is CC(c1cn(S(C)(=O)=O)cn1)c1nccc2ccccc12. The van der Waals surface area contributed by atoms with E-state index in [0.717, 1.165) is 26.7 Å². The lowest BCUT2D eigenvalue weighted by atomic mass is 9.98.